The van der Waals surface area contributed by atoms with E-state index in [0.29, 0.717) is 5.92 Å². The summed E-state index contributed by atoms with van der Waals surface area (Å²) in [5, 5.41) is 8.44. The van der Waals surface area contributed by atoms with Crippen molar-refractivity contribution in [1.29, 1.82) is 0 Å². The maximum absolute atomic E-state index is 8.44. The lowest BCUT2D eigenvalue weighted by Gasteiger charge is -1.98. The minimum absolute atomic E-state index is 0.153. The Morgan fingerprint density at radius 1 is 1.40 bits per heavy atom. The molecule has 0 aromatic heterocycles. The van der Waals surface area contributed by atoms with Crippen LogP contribution in [0.4, 0.5) is 0 Å². The van der Waals surface area contributed by atoms with Crippen LogP contribution in [0.3, 0.4) is 0 Å². The first kappa shape index (κ1) is 9.44. The highest BCUT2D eigenvalue weighted by molar-refractivity contribution is 4.90. The average Bonchev–Trinajstić information content (AvgIpc) is 1.97. The minimum atomic E-state index is 0.153. The normalized spacial score (nSPS) is 15.1. The summed E-state index contributed by atoms with van der Waals surface area (Å²) in [6, 6.07) is 0. The number of aliphatic hydroxyl groups excluding tert-OH is 1. The fourth-order valence-electron chi connectivity index (χ4n) is 0.722. The van der Waals surface area contributed by atoms with Crippen LogP contribution in [0.1, 0.15) is 20.3 Å². The van der Waals surface area contributed by atoms with Gasteiger partial charge in [0.05, 0.1) is 6.61 Å². The second kappa shape index (κ2) is 6.56. The van der Waals surface area contributed by atoms with Crippen molar-refractivity contribution in [3.05, 3.63) is 24.3 Å². The molecule has 0 heterocycles. The number of rotatable bonds is 4. The molecule has 1 nitrogen and oxygen atoms in total. The average molecular weight is 140 g/mol. The van der Waals surface area contributed by atoms with Crippen molar-refractivity contribution < 1.29 is 5.11 Å². The monoisotopic (exact) mass is 140 g/mol. The van der Waals surface area contributed by atoms with E-state index in [2.05, 4.69) is 13.0 Å². The zero-order valence-corrected chi connectivity index (χ0v) is 6.75. The Morgan fingerprint density at radius 3 is 2.60 bits per heavy atom. The first-order valence-corrected chi connectivity index (χ1v) is 3.70. The number of aliphatic hydroxyl groups is 1. The molecule has 0 aliphatic heterocycles. The molecule has 0 fully saturated rings. The van der Waals surface area contributed by atoms with Crippen LogP contribution in [-0.4, -0.2) is 11.7 Å². The maximum atomic E-state index is 8.44. The molecule has 0 aromatic rings. The van der Waals surface area contributed by atoms with E-state index in [0.717, 1.165) is 6.42 Å². The largest absolute Gasteiger partial charge is 0.392 e. The molecule has 0 spiro atoms. The van der Waals surface area contributed by atoms with E-state index in [9.17, 15) is 0 Å². The van der Waals surface area contributed by atoms with Crippen molar-refractivity contribution in [1.82, 2.24) is 0 Å². The molecular weight excluding hydrogens is 124 g/mol. The number of hydrogen-bond donors (Lipinski definition) is 1. The molecule has 10 heavy (non-hydrogen) atoms. The number of hydrogen-bond acceptors (Lipinski definition) is 1. The molecule has 0 saturated carbocycles. The Morgan fingerprint density at radius 2 is 2.10 bits per heavy atom. The SMILES string of the molecule is C/C=C/C[C@H](C)/C=C/CO. The zero-order chi connectivity index (χ0) is 7.82. The second-order valence-electron chi connectivity index (χ2n) is 2.39. The summed E-state index contributed by atoms with van der Waals surface area (Å²) >= 11 is 0. The summed E-state index contributed by atoms with van der Waals surface area (Å²) in [5.41, 5.74) is 0. The van der Waals surface area contributed by atoms with Crippen molar-refractivity contribution in [2.45, 2.75) is 20.3 Å². The van der Waals surface area contributed by atoms with Crippen LogP contribution in [0.2, 0.25) is 0 Å². The second-order valence-corrected chi connectivity index (χ2v) is 2.39. The van der Waals surface area contributed by atoms with Gasteiger partial charge in [0, 0.05) is 0 Å². The molecule has 58 valence electrons. The highest BCUT2D eigenvalue weighted by atomic mass is 16.2. The Balaban J connectivity index is 3.42. The summed E-state index contributed by atoms with van der Waals surface area (Å²) in [7, 11) is 0. The lowest BCUT2D eigenvalue weighted by atomic mass is 10.1. The van der Waals surface area contributed by atoms with E-state index in [1.54, 1.807) is 6.08 Å². The van der Waals surface area contributed by atoms with Gasteiger partial charge in [0.15, 0.2) is 0 Å². The van der Waals surface area contributed by atoms with E-state index < -0.39 is 0 Å². The topological polar surface area (TPSA) is 20.2 Å². The third-order valence-electron chi connectivity index (χ3n) is 1.31. The van der Waals surface area contributed by atoms with E-state index in [4.69, 9.17) is 5.11 Å². The van der Waals surface area contributed by atoms with Crippen molar-refractivity contribution in [3.63, 3.8) is 0 Å². The van der Waals surface area contributed by atoms with E-state index in [1.807, 2.05) is 19.1 Å². The van der Waals surface area contributed by atoms with Crippen molar-refractivity contribution in [2.75, 3.05) is 6.61 Å². The van der Waals surface area contributed by atoms with Crippen LogP contribution in [0, 0.1) is 5.92 Å². The Kier molecular flexibility index (Phi) is 6.19. The van der Waals surface area contributed by atoms with Crippen LogP contribution >= 0.6 is 0 Å². The van der Waals surface area contributed by atoms with Gasteiger partial charge >= 0.3 is 0 Å². The first-order chi connectivity index (χ1) is 4.81. The lowest BCUT2D eigenvalue weighted by Crippen LogP contribution is -1.86. The van der Waals surface area contributed by atoms with E-state index in [1.165, 1.54) is 0 Å². The molecule has 0 saturated heterocycles. The quantitative estimate of drug-likeness (QED) is 0.593. The molecule has 0 amide bonds. The van der Waals surface area contributed by atoms with E-state index >= 15 is 0 Å². The van der Waals surface area contributed by atoms with Gasteiger partial charge in [-0.1, -0.05) is 31.2 Å². The summed E-state index contributed by atoms with van der Waals surface area (Å²) in [4.78, 5) is 0. The molecule has 0 radical (unpaired) electrons. The first-order valence-electron chi connectivity index (χ1n) is 3.70. The maximum Gasteiger partial charge on any atom is 0.0612 e. The van der Waals surface area contributed by atoms with Gasteiger partial charge in [-0.3, -0.25) is 0 Å². The van der Waals surface area contributed by atoms with Crippen molar-refractivity contribution >= 4 is 0 Å². The van der Waals surface area contributed by atoms with Gasteiger partial charge in [0.2, 0.25) is 0 Å². The molecular formula is C9H16O. The molecule has 1 atom stereocenters. The molecule has 0 aliphatic carbocycles. The van der Waals surface area contributed by atoms with Crippen LogP contribution in [-0.2, 0) is 0 Å². The molecule has 0 unspecified atom stereocenters. The van der Waals surface area contributed by atoms with E-state index in [-0.39, 0.29) is 6.61 Å². The Labute approximate surface area is 63.1 Å². The van der Waals surface area contributed by atoms with Crippen LogP contribution in [0.25, 0.3) is 0 Å². The highest BCUT2D eigenvalue weighted by Gasteiger charge is 1.90. The van der Waals surface area contributed by atoms with Crippen LogP contribution in [0.5, 0.6) is 0 Å². The predicted octanol–water partition coefficient (Wildman–Crippen LogP) is 2.14. The van der Waals surface area contributed by atoms with Crippen LogP contribution in [0.15, 0.2) is 24.3 Å². The minimum Gasteiger partial charge on any atom is -0.392 e. The van der Waals surface area contributed by atoms with Gasteiger partial charge in [-0.2, -0.15) is 0 Å². The van der Waals surface area contributed by atoms with Gasteiger partial charge in [0.25, 0.3) is 0 Å². The Hall–Kier alpha value is -0.560. The summed E-state index contributed by atoms with van der Waals surface area (Å²) in [5.74, 6) is 0.545. The van der Waals surface area contributed by atoms with Crippen molar-refractivity contribution in [3.8, 4) is 0 Å². The summed E-state index contributed by atoms with van der Waals surface area (Å²) in [6.07, 6.45) is 9.05. The lowest BCUT2D eigenvalue weighted by molar-refractivity contribution is 0.342. The molecule has 1 N–H and O–H groups in total. The van der Waals surface area contributed by atoms with Gasteiger partial charge in [0.1, 0.15) is 0 Å². The molecule has 0 aliphatic rings. The molecule has 0 rings (SSSR count). The number of allylic oxidation sites excluding steroid dienone is 3. The third-order valence-corrected chi connectivity index (χ3v) is 1.31. The summed E-state index contributed by atoms with van der Waals surface area (Å²) < 4.78 is 0. The molecule has 0 bridgehead atoms. The summed E-state index contributed by atoms with van der Waals surface area (Å²) in [6.45, 7) is 4.30. The Bertz CT molecular complexity index is 114. The predicted molar refractivity (Wildman–Crippen MR) is 44.8 cm³/mol. The fraction of sp³-hybridized carbons (Fsp3) is 0.556. The zero-order valence-electron chi connectivity index (χ0n) is 6.75. The highest BCUT2D eigenvalue weighted by Crippen LogP contribution is 2.03. The third kappa shape index (κ3) is 5.57. The van der Waals surface area contributed by atoms with Crippen LogP contribution < -0.4 is 0 Å². The smallest absolute Gasteiger partial charge is 0.0612 e. The van der Waals surface area contributed by atoms with Gasteiger partial charge < -0.3 is 5.11 Å². The van der Waals surface area contributed by atoms with Gasteiger partial charge in [-0.05, 0) is 19.3 Å². The standard InChI is InChI=1S/C9H16O/c1-3-4-6-9(2)7-5-8-10/h3-5,7,9-10H,6,8H2,1-2H3/b4-3+,7-5+/t9-/m0/s1. The molecule has 0 aromatic carbocycles. The van der Waals surface area contributed by atoms with Crippen molar-refractivity contribution in [2.24, 2.45) is 5.92 Å². The molecule has 1 heteroatoms. The van der Waals surface area contributed by atoms with Gasteiger partial charge in [-0.15, -0.1) is 0 Å². The fourth-order valence-corrected chi connectivity index (χ4v) is 0.722. The van der Waals surface area contributed by atoms with Gasteiger partial charge in [-0.25, -0.2) is 0 Å².